The zero-order valence-electron chi connectivity index (χ0n) is 16.9. The summed E-state index contributed by atoms with van der Waals surface area (Å²) in [5.74, 6) is 0.296. The summed E-state index contributed by atoms with van der Waals surface area (Å²) >= 11 is 0. The van der Waals surface area contributed by atoms with Crippen LogP contribution < -0.4 is 20.9 Å². The maximum atomic E-state index is 12.8. The van der Waals surface area contributed by atoms with Crippen LogP contribution in [0.4, 0.5) is 5.82 Å². The minimum atomic E-state index is -0.409. The molecule has 0 radical (unpaired) electrons. The van der Waals surface area contributed by atoms with Gasteiger partial charge in [-0.05, 0) is 46.2 Å². The molecule has 8 heteroatoms. The van der Waals surface area contributed by atoms with Gasteiger partial charge in [-0.25, -0.2) is 0 Å². The Morgan fingerprint density at radius 1 is 1.36 bits per heavy atom. The van der Waals surface area contributed by atoms with Crippen LogP contribution >= 0.6 is 0 Å². The molecule has 8 nitrogen and oxygen atoms in total. The number of nitrogens with one attached hydrogen (secondary N) is 4. The number of carbonyl (C=O) groups excluding carboxylic acids is 1. The third-order valence-electron chi connectivity index (χ3n) is 4.06. The number of anilines is 1. The van der Waals surface area contributed by atoms with Gasteiger partial charge in [0.1, 0.15) is 5.82 Å². The molecule has 0 unspecified atom stereocenters. The van der Waals surface area contributed by atoms with E-state index in [1.54, 1.807) is 0 Å². The number of ether oxygens (including phenoxy) is 1. The highest BCUT2D eigenvalue weighted by molar-refractivity contribution is 6.04. The molecule has 2 heterocycles. The van der Waals surface area contributed by atoms with Gasteiger partial charge >= 0.3 is 0 Å². The number of aromatic nitrogens is 2. The van der Waals surface area contributed by atoms with Gasteiger partial charge in [0.2, 0.25) is 5.88 Å². The molecule has 4 N–H and O–H groups in total. The Morgan fingerprint density at radius 3 is 2.64 bits per heavy atom. The Bertz CT molecular complexity index is 934. The Kier molecular flexibility index (Phi) is 6.92. The highest BCUT2D eigenvalue weighted by Crippen LogP contribution is 2.23. The lowest BCUT2D eigenvalue weighted by atomic mass is 10.1. The summed E-state index contributed by atoms with van der Waals surface area (Å²) in [6, 6.07) is 3.43. The van der Waals surface area contributed by atoms with Crippen molar-refractivity contribution in [3.8, 4) is 5.88 Å². The molecule has 0 aliphatic heterocycles. The fourth-order valence-corrected chi connectivity index (χ4v) is 2.84. The molecule has 0 saturated heterocycles. The molecular formula is C20H27N5O3. The van der Waals surface area contributed by atoms with Gasteiger partial charge in [0.25, 0.3) is 11.5 Å². The van der Waals surface area contributed by atoms with Gasteiger partial charge in [0, 0.05) is 41.7 Å². The monoisotopic (exact) mass is 385 g/mol. The quantitative estimate of drug-likeness (QED) is 0.521. The van der Waals surface area contributed by atoms with Crippen molar-refractivity contribution < 1.29 is 9.53 Å². The van der Waals surface area contributed by atoms with Gasteiger partial charge in [-0.2, -0.15) is 4.98 Å². The minimum absolute atomic E-state index is 0.0627. The average Bonchev–Trinajstić information content (AvgIpc) is 2.60. The molecular weight excluding hydrogens is 358 g/mol. The van der Waals surface area contributed by atoms with E-state index in [1.165, 1.54) is 6.07 Å². The van der Waals surface area contributed by atoms with E-state index in [0.29, 0.717) is 29.4 Å². The van der Waals surface area contributed by atoms with Gasteiger partial charge in [-0.3, -0.25) is 9.59 Å². The van der Waals surface area contributed by atoms with E-state index in [-0.39, 0.29) is 23.7 Å². The predicted molar refractivity (Wildman–Crippen MR) is 110 cm³/mol. The number of H-pyrrole nitrogens is 1. The Balaban J connectivity index is 2.37. The van der Waals surface area contributed by atoms with Crippen molar-refractivity contribution in [2.75, 3.05) is 11.9 Å². The summed E-state index contributed by atoms with van der Waals surface area (Å²) < 4.78 is 5.47. The Morgan fingerprint density at radius 2 is 2.07 bits per heavy atom. The number of aromatic amines is 1. The zero-order chi connectivity index (χ0) is 20.8. The molecule has 2 aromatic heterocycles. The average molecular weight is 385 g/mol. The predicted octanol–water partition coefficient (Wildman–Crippen LogP) is 2.53. The molecule has 0 atom stereocenters. The maximum Gasteiger partial charge on any atom is 0.253 e. The van der Waals surface area contributed by atoms with Gasteiger partial charge in [0.15, 0.2) is 0 Å². The van der Waals surface area contributed by atoms with E-state index >= 15 is 0 Å². The van der Waals surface area contributed by atoms with Crippen LogP contribution in [0.5, 0.6) is 5.88 Å². The second-order valence-corrected chi connectivity index (χ2v) is 6.77. The molecule has 0 bridgehead atoms. The van der Waals surface area contributed by atoms with Crippen LogP contribution in [0.1, 0.15) is 53.5 Å². The van der Waals surface area contributed by atoms with Crippen molar-refractivity contribution in [1.82, 2.24) is 15.3 Å². The molecule has 0 aliphatic carbocycles. The molecule has 2 rings (SSSR count). The summed E-state index contributed by atoms with van der Waals surface area (Å²) in [5.41, 5.74) is 2.47. The zero-order valence-corrected chi connectivity index (χ0v) is 16.9. The topological polar surface area (TPSA) is 120 Å². The standard InChI is InChI=1S/C20H27N5O3/c1-6-28-17-8-14(15(9-21)18(25-17)23-11(2)3)19(26)22-10-16-12(4)7-13(5)24-20(16)27/h7-9,11,21H,6,10H2,1-5H3,(H,22,26)(H,23,25)(H,24,27). The molecule has 0 aromatic carbocycles. The van der Waals surface area contributed by atoms with E-state index in [1.807, 2.05) is 40.7 Å². The van der Waals surface area contributed by atoms with Crippen LogP contribution in [0.2, 0.25) is 0 Å². The van der Waals surface area contributed by atoms with Crippen LogP contribution in [0, 0.1) is 19.3 Å². The van der Waals surface area contributed by atoms with Crippen molar-refractivity contribution >= 4 is 17.9 Å². The van der Waals surface area contributed by atoms with Crippen molar-refractivity contribution in [3.63, 3.8) is 0 Å². The molecule has 0 aliphatic rings. The first-order valence-corrected chi connectivity index (χ1v) is 9.19. The molecule has 1 amide bonds. The largest absolute Gasteiger partial charge is 0.478 e. The van der Waals surface area contributed by atoms with Crippen LogP contribution in [0.3, 0.4) is 0 Å². The number of hydrogen-bond acceptors (Lipinski definition) is 6. The molecule has 0 fully saturated rings. The SMILES string of the molecule is CCOc1cc(C(=O)NCc2c(C)cc(C)[nH]c2=O)c(C=N)c(NC(C)C)n1. The van der Waals surface area contributed by atoms with E-state index < -0.39 is 5.91 Å². The molecule has 28 heavy (non-hydrogen) atoms. The highest BCUT2D eigenvalue weighted by Gasteiger charge is 2.19. The van der Waals surface area contributed by atoms with Gasteiger partial charge in [0.05, 0.1) is 12.2 Å². The lowest BCUT2D eigenvalue weighted by Crippen LogP contribution is -2.29. The van der Waals surface area contributed by atoms with Gasteiger partial charge < -0.3 is 25.8 Å². The molecule has 2 aromatic rings. The van der Waals surface area contributed by atoms with Crippen LogP contribution in [-0.4, -0.2) is 34.7 Å². The van der Waals surface area contributed by atoms with Crippen molar-refractivity contribution in [2.24, 2.45) is 0 Å². The van der Waals surface area contributed by atoms with Crippen molar-refractivity contribution in [3.05, 3.63) is 50.4 Å². The fraction of sp³-hybridized carbons (Fsp3) is 0.400. The maximum absolute atomic E-state index is 12.8. The number of carbonyl (C=O) groups is 1. The van der Waals surface area contributed by atoms with Gasteiger partial charge in [-0.15, -0.1) is 0 Å². The number of nitrogens with zero attached hydrogens (tertiary/aromatic N) is 1. The first-order valence-electron chi connectivity index (χ1n) is 9.19. The third-order valence-corrected chi connectivity index (χ3v) is 4.06. The summed E-state index contributed by atoms with van der Waals surface area (Å²) in [5, 5.41) is 13.6. The van der Waals surface area contributed by atoms with Crippen LogP contribution in [0.15, 0.2) is 16.9 Å². The van der Waals surface area contributed by atoms with E-state index in [4.69, 9.17) is 10.1 Å². The molecule has 150 valence electrons. The second-order valence-electron chi connectivity index (χ2n) is 6.77. The number of aryl methyl sites for hydroxylation is 2. The normalized spacial score (nSPS) is 10.6. The summed E-state index contributed by atoms with van der Waals surface area (Å²) in [7, 11) is 0. The Hall–Kier alpha value is -3.16. The summed E-state index contributed by atoms with van der Waals surface area (Å²) in [6.45, 7) is 9.82. The Labute approximate surface area is 164 Å². The van der Waals surface area contributed by atoms with E-state index in [2.05, 4.69) is 20.6 Å². The highest BCUT2D eigenvalue weighted by atomic mass is 16.5. The first-order chi connectivity index (χ1) is 13.3. The summed E-state index contributed by atoms with van der Waals surface area (Å²) in [4.78, 5) is 32.1. The number of pyridine rings is 2. The lowest BCUT2D eigenvalue weighted by molar-refractivity contribution is 0.0950. The first kappa shape index (κ1) is 21.1. The number of hydrogen-bond donors (Lipinski definition) is 4. The third kappa shape index (κ3) is 4.97. The lowest BCUT2D eigenvalue weighted by Gasteiger charge is -2.16. The van der Waals surface area contributed by atoms with Crippen molar-refractivity contribution in [2.45, 2.75) is 47.2 Å². The minimum Gasteiger partial charge on any atom is -0.478 e. The molecule has 0 spiro atoms. The van der Waals surface area contributed by atoms with Crippen LogP contribution in [0.25, 0.3) is 0 Å². The number of rotatable bonds is 8. The smallest absolute Gasteiger partial charge is 0.253 e. The van der Waals surface area contributed by atoms with E-state index in [9.17, 15) is 9.59 Å². The summed E-state index contributed by atoms with van der Waals surface area (Å²) in [6.07, 6.45) is 1.09. The fourth-order valence-electron chi connectivity index (χ4n) is 2.84. The number of amides is 1. The van der Waals surface area contributed by atoms with Crippen LogP contribution in [-0.2, 0) is 6.54 Å². The van der Waals surface area contributed by atoms with E-state index in [0.717, 1.165) is 17.5 Å². The van der Waals surface area contributed by atoms with Crippen molar-refractivity contribution in [1.29, 1.82) is 5.41 Å². The van der Waals surface area contributed by atoms with Gasteiger partial charge in [-0.1, -0.05) is 0 Å². The molecule has 0 saturated carbocycles. The second kappa shape index (κ2) is 9.16.